The monoisotopic (exact) mass is 299 g/mol. The van der Waals surface area contributed by atoms with Crippen LogP contribution in [0.15, 0.2) is 40.5 Å². The lowest BCUT2D eigenvalue weighted by Crippen LogP contribution is -2.13. The van der Waals surface area contributed by atoms with Gasteiger partial charge in [-0.1, -0.05) is 26.0 Å². The van der Waals surface area contributed by atoms with Gasteiger partial charge in [0.2, 0.25) is 0 Å². The van der Waals surface area contributed by atoms with Gasteiger partial charge < -0.3 is 10.3 Å². The van der Waals surface area contributed by atoms with Gasteiger partial charge in [0.25, 0.3) is 5.56 Å². The standard InChI is InChI=1S/C16H17N3OS/c1-10(2)11-4-3-5-12(8-11)17-9-14-18-13-6-7-21-15(13)16(20)19-14/h3-8,10,17H,9H2,1-2H3,(H,18,19,20). The van der Waals surface area contributed by atoms with Crippen molar-refractivity contribution in [3.05, 3.63) is 57.5 Å². The number of hydrogen-bond donors (Lipinski definition) is 2. The summed E-state index contributed by atoms with van der Waals surface area (Å²) in [4.78, 5) is 19.2. The zero-order chi connectivity index (χ0) is 14.8. The van der Waals surface area contributed by atoms with Crippen molar-refractivity contribution in [2.24, 2.45) is 0 Å². The minimum Gasteiger partial charge on any atom is -0.378 e. The molecule has 1 aromatic carbocycles. The third kappa shape index (κ3) is 2.97. The second-order valence-corrected chi connectivity index (χ2v) is 6.20. The predicted molar refractivity (Wildman–Crippen MR) is 88.1 cm³/mol. The van der Waals surface area contributed by atoms with Crippen LogP contribution in [0.3, 0.4) is 0 Å². The van der Waals surface area contributed by atoms with E-state index >= 15 is 0 Å². The van der Waals surface area contributed by atoms with Crippen LogP contribution in [0.1, 0.15) is 31.2 Å². The third-order valence-electron chi connectivity index (χ3n) is 3.38. The highest BCUT2D eigenvalue weighted by Gasteiger charge is 2.05. The summed E-state index contributed by atoms with van der Waals surface area (Å²) in [6, 6.07) is 10.2. The molecule has 0 atom stereocenters. The molecule has 2 N–H and O–H groups in total. The number of fused-ring (bicyclic) bond motifs is 1. The molecule has 0 unspecified atom stereocenters. The van der Waals surface area contributed by atoms with Gasteiger partial charge >= 0.3 is 0 Å². The molecular weight excluding hydrogens is 282 g/mol. The molecule has 0 amide bonds. The quantitative estimate of drug-likeness (QED) is 0.772. The fourth-order valence-electron chi connectivity index (χ4n) is 2.20. The summed E-state index contributed by atoms with van der Waals surface area (Å²) in [6.45, 7) is 4.84. The maximum Gasteiger partial charge on any atom is 0.268 e. The van der Waals surface area contributed by atoms with Crippen LogP contribution in [0.25, 0.3) is 10.2 Å². The minimum absolute atomic E-state index is 0.0669. The molecule has 0 saturated carbocycles. The van der Waals surface area contributed by atoms with Gasteiger partial charge in [-0.15, -0.1) is 11.3 Å². The number of rotatable bonds is 4. The van der Waals surface area contributed by atoms with Gasteiger partial charge in [-0.2, -0.15) is 0 Å². The summed E-state index contributed by atoms with van der Waals surface area (Å²) in [5.41, 5.74) is 3.02. The van der Waals surface area contributed by atoms with E-state index in [0.717, 1.165) is 11.2 Å². The molecule has 5 heteroatoms. The molecule has 0 aliphatic rings. The molecule has 2 aromatic heterocycles. The average molecular weight is 299 g/mol. The van der Waals surface area contributed by atoms with Crippen LogP contribution in [0.2, 0.25) is 0 Å². The van der Waals surface area contributed by atoms with E-state index in [1.54, 1.807) is 0 Å². The van der Waals surface area contributed by atoms with Gasteiger partial charge in [0, 0.05) is 5.69 Å². The summed E-state index contributed by atoms with van der Waals surface area (Å²) in [5.74, 6) is 1.15. The van der Waals surface area contributed by atoms with E-state index in [4.69, 9.17) is 0 Å². The summed E-state index contributed by atoms with van der Waals surface area (Å²) in [5, 5.41) is 5.20. The fraction of sp³-hybridized carbons (Fsp3) is 0.250. The van der Waals surface area contributed by atoms with Crippen molar-refractivity contribution < 1.29 is 0 Å². The van der Waals surface area contributed by atoms with E-state index in [-0.39, 0.29) is 5.56 Å². The lowest BCUT2D eigenvalue weighted by molar-refractivity contribution is 0.866. The Morgan fingerprint density at radius 2 is 2.19 bits per heavy atom. The first kappa shape index (κ1) is 13.8. The predicted octanol–water partition coefficient (Wildman–Crippen LogP) is 3.72. The first-order valence-corrected chi connectivity index (χ1v) is 7.81. The van der Waals surface area contributed by atoms with Gasteiger partial charge in [0.15, 0.2) is 0 Å². The Morgan fingerprint density at radius 3 is 3.00 bits per heavy atom. The maximum atomic E-state index is 11.9. The van der Waals surface area contributed by atoms with Crippen molar-refractivity contribution in [2.75, 3.05) is 5.32 Å². The molecule has 0 aliphatic heterocycles. The number of thiophene rings is 1. The van der Waals surface area contributed by atoms with Crippen LogP contribution in [-0.2, 0) is 6.54 Å². The number of H-pyrrole nitrogens is 1. The van der Waals surface area contributed by atoms with Crippen molar-refractivity contribution in [1.82, 2.24) is 9.97 Å². The van der Waals surface area contributed by atoms with Gasteiger partial charge in [-0.3, -0.25) is 4.79 Å². The number of benzene rings is 1. The zero-order valence-electron chi connectivity index (χ0n) is 12.0. The summed E-state index contributed by atoms with van der Waals surface area (Å²) in [7, 11) is 0. The molecular formula is C16H17N3OS. The van der Waals surface area contributed by atoms with Crippen molar-refractivity contribution in [3.63, 3.8) is 0 Å². The van der Waals surface area contributed by atoms with Gasteiger partial charge in [-0.05, 0) is 35.1 Å². The Labute approximate surface area is 126 Å². The summed E-state index contributed by atoms with van der Waals surface area (Å²) in [6.07, 6.45) is 0. The number of aromatic nitrogens is 2. The summed E-state index contributed by atoms with van der Waals surface area (Å²) < 4.78 is 0.681. The van der Waals surface area contributed by atoms with Crippen LogP contribution in [0.4, 0.5) is 5.69 Å². The molecule has 0 bridgehead atoms. The molecule has 0 radical (unpaired) electrons. The highest BCUT2D eigenvalue weighted by molar-refractivity contribution is 7.17. The van der Waals surface area contributed by atoms with E-state index < -0.39 is 0 Å². The lowest BCUT2D eigenvalue weighted by atomic mass is 10.0. The molecule has 0 fully saturated rings. The Balaban J connectivity index is 1.80. The zero-order valence-corrected chi connectivity index (χ0v) is 12.8. The van der Waals surface area contributed by atoms with Crippen LogP contribution in [0, 0.1) is 0 Å². The normalized spacial score (nSPS) is 11.2. The average Bonchev–Trinajstić information content (AvgIpc) is 2.94. The Hall–Kier alpha value is -2.14. The third-order valence-corrected chi connectivity index (χ3v) is 4.28. The number of anilines is 1. The molecule has 4 nitrogen and oxygen atoms in total. The van der Waals surface area contributed by atoms with Crippen LogP contribution in [-0.4, -0.2) is 9.97 Å². The fourth-order valence-corrected chi connectivity index (χ4v) is 2.92. The lowest BCUT2D eigenvalue weighted by Gasteiger charge is -2.10. The van der Waals surface area contributed by atoms with Gasteiger partial charge in [0.1, 0.15) is 10.5 Å². The second-order valence-electron chi connectivity index (χ2n) is 5.28. The van der Waals surface area contributed by atoms with E-state index in [1.807, 2.05) is 23.6 Å². The Bertz CT molecular complexity index is 820. The van der Waals surface area contributed by atoms with Crippen molar-refractivity contribution in [1.29, 1.82) is 0 Å². The molecule has 21 heavy (non-hydrogen) atoms. The largest absolute Gasteiger partial charge is 0.378 e. The molecule has 0 saturated heterocycles. The number of nitrogens with one attached hydrogen (secondary N) is 2. The minimum atomic E-state index is -0.0669. The van der Waals surface area contributed by atoms with Crippen LogP contribution >= 0.6 is 11.3 Å². The molecule has 2 heterocycles. The number of nitrogens with zero attached hydrogens (tertiary/aromatic N) is 1. The van der Waals surface area contributed by atoms with Crippen molar-refractivity contribution in [3.8, 4) is 0 Å². The first-order chi connectivity index (χ1) is 10.1. The number of aromatic amines is 1. The van der Waals surface area contributed by atoms with Crippen molar-refractivity contribution >= 4 is 27.2 Å². The van der Waals surface area contributed by atoms with E-state index in [0.29, 0.717) is 23.0 Å². The smallest absolute Gasteiger partial charge is 0.268 e. The van der Waals surface area contributed by atoms with Crippen molar-refractivity contribution in [2.45, 2.75) is 26.3 Å². The molecule has 3 aromatic rings. The Kier molecular flexibility index (Phi) is 3.75. The highest BCUT2D eigenvalue weighted by Crippen LogP contribution is 2.19. The molecule has 3 rings (SSSR count). The molecule has 0 aliphatic carbocycles. The van der Waals surface area contributed by atoms with Crippen LogP contribution in [0.5, 0.6) is 0 Å². The van der Waals surface area contributed by atoms with Crippen LogP contribution < -0.4 is 10.9 Å². The number of hydrogen-bond acceptors (Lipinski definition) is 4. The second kappa shape index (κ2) is 5.69. The molecule has 108 valence electrons. The SMILES string of the molecule is CC(C)c1cccc(NCc2nc3ccsc3c(=O)[nH]2)c1. The van der Waals surface area contributed by atoms with Gasteiger partial charge in [0.05, 0.1) is 12.1 Å². The van der Waals surface area contributed by atoms with Gasteiger partial charge in [-0.25, -0.2) is 4.98 Å². The summed E-state index contributed by atoms with van der Waals surface area (Å²) >= 11 is 1.42. The molecule has 0 spiro atoms. The van der Waals surface area contributed by atoms with E-state index in [1.165, 1.54) is 16.9 Å². The highest BCUT2D eigenvalue weighted by atomic mass is 32.1. The van der Waals surface area contributed by atoms with E-state index in [9.17, 15) is 4.79 Å². The van der Waals surface area contributed by atoms with E-state index in [2.05, 4.69) is 41.3 Å². The Morgan fingerprint density at radius 1 is 1.33 bits per heavy atom. The topological polar surface area (TPSA) is 57.8 Å². The maximum absolute atomic E-state index is 11.9. The first-order valence-electron chi connectivity index (χ1n) is 6.94.